The molecule has 3 heterocycles. The highest BCUT2D eigenvalue weighted by Gasteiger charge is 2.29. The third-order valence-electron chi connectivity index (χ3n) is 5.31. The van der Waals surface area contributed by atoms with E-state index in [9.17, 15) is 13.2 Å². The maximum atomic E-state index is 12.8. The van der Waals surface area contributed by atoms with E-state index in [4.69, 9.17) is 0 Å². The van der Waals surface area contributed by atoms with Crippen LogP contribution in [0.1, 0.15) is 43.1 Å². The summed E-state index contributed by atoms with van der Waals surface area (Å²) in [5.74, 6) is 1.28. The SMILES string of the molecule is C[C@H]1CCCN(S(=O)(=O)c2ccc(-n3cnc(C(=O)NCC4CC4)c3)nc2)C1. The molecular weight excluding hydrogens is 378 g/mol. The van der Waals surface area contributed by atoms with Crippen LogP contribution < -0.4 is 5.32 Å². The van der Waals surface area contributed by atoms with Crippen molar-refractivity contribution in [3.05, 3.63) is 36.5 Å². The minimum Gasteiger partial charge on any atom is -0.350 e. The van der Waals surface area contributed by atoms with Gasteiger partial charge in [0.25, 0.3) is 5.91 Å². The van der Waals surface area contributed by atoms with Crippen molar-refractivity contribution in [2.45, 2.75) is 37.5 Å². The molecule has 0 radical (unpaired) electrons. The van der Waals surface area contributed by atoms with Crippen molar-refractivity contribution in [3.63, 3.8) is 0 Å². The van der Waals surface area contributed by atoms with Gasteiger partial charge in [-0.15, -0.1) is 0 Å². The molecule has 150 valence electrons. The number of pyridine rings is 1. The molecule has 9 heteroatoms. The largest absolute Gasteiger partial charge is 0.350 e. The van der Waals surface area contributed by atoms with E-state index in [0.717, 1.165) is 12.8 Å². The van der Waals surface area contributed by atoms with Crippen LogP contribution in [0.4, 0.5) is 0 Å². The molecule has 1 aliphatic heterocycles. The molecule has 2 aromatic heterocycles. The summed E-state index contributed by atoms with van der Waals surface area (Å²) in [7, 11) is -3.53. The molecule has 8 nitrogen and oxygen atoms in total. The van der Waals surface area contributed by atoms with Crippen LogP contribution >= 0.6 is 0 Å². The third-order valence-corrected chi connectivity index (χ3v) is 7.15. The third kappa shape index (κ3) is 4.10. The number of sulfonamides is 1. The summed E-state index contributed by atoms with van der Waals surface area (Å²) in [5, 5.41) is 2.87. The van der Waals surface area contributed by atoms with E-state index in [1.54, 1.807) is 22.9 Å². The quantitative estimate of drug-likeness (QED) is 0.794. The predicted molar refractivity (Wildman–Crippen MR) is 104 cm³/mol. The molecule has 4 rings (SSSR count). The number of carbonyl (C=O) groups is 1. The number of piperidine rings is 1. The Balaban J connectivity index is 1.46. The summed E-state index contributed by atoms with van der Waals surface area (Å²) in [6.07, 6.45) is 8.76. The van der Waals surface area contributed by atoms with Crippen molar-refractivity contribution in [3.8, 4) is 5.82 Å². The Morgan fingerprint density at radius 1 is 1.25 bits per heavy atom. The van der Waals surface area contributed by atoms with E-state index in [1.807, 2.05) is 0 Å². The van der Waals surface area contributed by atoms with Crippen molar-refractivity contribution in [2.24, 2.45) is 11.8 Å². The topological polar surface area (TPSA) is 97.2 Å². The van der Waals surface area contributed by atoms with Crippen molar-refractivity contribution in [2.75, 3.05) is 19.6 Å². The summed E-state index contributed by atoms with van der Waals surface area (Å²) >= 11 is 0. The van der Waals surface area contributed by atoms with Gasteiger partial charge in [0.05, 0.1) is 0 Å². The lowest BCUT2D eigenvalue weighted by atomic mass is 10.0. The number of nitrogens with zero attached hydrogens (tertiary/aromatic N) is 4. The zero-order valence-corrected chi connectivity index (χ0v) is 16.7. The van der Waals surface area contributed by atoms with Crippen molar-refractivity contribution in [1.29, 1.82) is 0 Å². The Morgan fingerprint density at radius 3 is 2.75 bits per heavy atom. The monoisotopic (exact) mass is 403 g/mol. The second kappa shape index (κ2) is 7.63. The van der Waals surface area contributed by atoms with Gasteiger partial charge in [-0.05, 0) is 49.7 Å². The lowest BCUT2D eigenvalue weighted by Gasteiger charge is -2.29. The molecule has 1 saturated heterocycles. The highest BCUT2D eigenvalue weighted by molar-refractivity contribution is 7.89. The van der Waals surface area contributed by atoms with E-state index in [0.29, 0.717) is 43.0 Å². The highest BCUT2D eigenvalue weighted by Crippen LogP contribution is 2.27. The maximum absolute atomic E-state index is 12.8. The molecule has 1 atom stereocenters. The van der Waals surface area contributed by atoms with Gasteiger partial charge in [0.1, 0.15) is 22.7 Å². The van der Waals surface area contributed by atoms with E-state index in [-0.39, 0.29) is 10.8 Å². The fourth-order valence-electron chi connectivity index (χ4n) is 3.41. The molecule has 0 aromatic carbocycles. The number of rotatable bonds is 6. The molecule has 28 heavy (non-hydrogen) atoms. The molecule has 2 aliphatic rings. The zero-order valence-electron chi connectivity index (χ0n) is 15.9. The summed E-state index contributed by atoms with van der Waals surface area (Å²) in [6.45, 7) is 3.85. The van der Waals surface area contributed by atoms with Gasteiger partial charge in [0.15, 0.2) is 0 Å². The van der Waals surface area contributed by atoms with Crippen LogP contribution in [0, 0.1) is 11.8 Å². The van der Waals surface area contributed by atoms with Crippen LogP contribution in [-0.2, 0) is 10.0 Å². The Kier molecular flexibility index (Phi) is 5.20. The minimum absolute atomic E-state index is 0.188. The molecular formula is C19H25N5O3S. The van der Waals surface area contributed by atoms with Crippen LogP contribution in [0.5, 0.6) is 0 Å². The first-order valence-corrected chi connectivity index (χ1v) is 11.2. The summed E-state index contributed by atoms with van der Waals surface area (Å²) in [6, 6.07) is 3.19. The van der Waals surface area contributed by atoms with Gasteiger partial charge in [-0.2, -0.15) is 4.31 Å². The molecule has 0 unspecified atom stereocenters. The molecule has 2 fully saturated rings. The van der Waals surface area contributed by atoms with E-state index in [2.05, 4.69) is 22.2 Å². The van der Waals surface area contributed by atoms with Crippen molar-refractivity contribution in [1.82, 2.24) is 24.2 Å². The highest BCUT2D eigenvalue weighted by atomic mass is 32.2. The number of nitrogens with one attached hydrogen (secondary N) is 1. The zero-order chi connectivity index (χ0) is 19.7. The average molecular weight is 404 g/mol. The fraction of sp³-hybridized carbons (Fsp3) is 0.526. The summed E-state index contributed by atoms with van der Waals surface area (Å²) < 4.78 is 28.8. The Bertz CT molecular complexity index is 950. The van der Waals surface area contributed by atoms with E-state index < -0.39 is 10.0 Å². The number of amides is 1. The van der Waals surface area contributed by atoms with Crippen molar-refractivity contribution >= 4 is 15.9 Å². The maximum Gasteiger partial charge on any atom is 0.271 e. The van der Waals surface area contributed by atoms with Gasteiger partial charge in [-0.25, -0.2) is 18.4 Å². The summed E-state index contributed by atoms with van der Waals surface area (Å²) in [5.41, 5.74) is 0.321. The Labute approximate surface area is 165 Å². The lowest BCUT2D eigenvalue weighted by molar-refractivity contribution is 0.0947. The molecule has 1 saturated carbocycles. The normalized spacial score (nSPS) is 20.8. The molecule has 0 bridgehead atoms. The second-order valence-electron chi connectivity index (χ2n) is 7.78. The van der Waals surface area contributed by atoms with Gasteiger partial charge in [-0.1, -0.05) is 6.92 Å². The fourth-order valence-corrected chi connectivity index (χ4v) is 4.95. The number of imidazole rings is 1. The van der Waals surface area contributed by atoms with Gasteiger partial charge in [0, 0.05) is 32.0 Å². The number of hydrogen-bond acceptors (Lipinski definition) is 5. The van der Waals surface area contributed by atoms with Crippen LogP contribution in [0.15, 0.2) is 35.7 Å². The number of hydrogen-bond donors (Lipinski definition) is 1. The lowest BCUT2D eigenvalue weighted by Crippen LogP contribution is -2.39. The van der Waals surface area contributed by atoms with Gasteiger partial charge >= 0.3 is 0 Å². The van der Waals surface area contributed by atoms with Crippen LogP contribution in [-0.4, -0.2) is 52.8 Å². The minimum atomic E-state index is -3.53. The molecule has 1 aliphatic carbocycles. The van der Waals surface area contributed by atoms with Crippen LogP contribution in [0.2, 0.25) is 0 Å². The molecule has 0 spiro atoms. The first kappa shape index (κ1) is 19.1. The first-order chi connectivity index (χ1) is 13.4. The molecule has 1 amide bonds. The molecule has 1 N–H and O–H groups in total. The number of carbonyl (C=O) groups excluding carboxylic acids is 1. The van der Waals surface area contributed by atoms with E-state index >= 15 is 0 Å². The first-order valence-electron chi connectivity index (χ1n) is 9.72. The molecule has 2 aromatic rings. The van der Waals surface area contributed by atoms with Crippen molar-refractivity contribution < 1.29 is 13.2 Å². The van der Waals surface area contributed by atoms with Gasteiger partial charge in [0.2, 0.25) is 10.0 Å². The number of aromatic nitrogens is 3. The van der Waals surface area contributed by atoms with Gasteiger partial charge in [-0.3, -0.25) is 9.36 Å². The Hall–Kier alpha value is -2.26. The van der Waals surface area contributed by atoms with Crippen LogP contribution in [0.3, 0.4) is 0 Å². The second-order valence-corrected chi connectivity index (χ2v) is 9.72. The van der Waals surface area contributed by atoms with Crippen LogP contribution in [0.25, 0.3) is 5.82 Å². The summed E-state index contributed by atoms with van der Waals surface area (Å²) in [4.78, 5) is 20.7. The standard InChI is InChI=1S/C19H25N5O3S/c1-14-3-2-8-24(11-14)28(26,27)16-6-7-18(20-10-16)23-12-17(22-13-23)19(25)21-9-15-4-5-15/h6-7,10,12-15H,2-5,8-9,11H2,1H3,(H,21,25)/t14-/m0/s1. The van der Waals surface area contributed by atoms with Gasteiger partial charge < -0.3 is 5.32 Å². The predicted octanol–water partition coefficient (Wildman–Crippen LogP) is 1.83. The smallest absolute Gasteiger partial charge is 0.271 e. The Morgan fingerprint density at radius 2 is 2.07 bits per heavy atom. The van der Waals surface area contributed by atoms with E-state index in [1.165, 1.54) is 29.7 Å². The average Bonchev–Trinajstić information content (AvgIpc) is 3.40.